The van der Waals surface area contributed by atoms with Gasteiger partial charge in [-0.15, -0.1) is 4.36 Å². The van der Waals surface area contributed by atoms with Gasteiger partial charge in [-0.25, -0.2) is 14.0 Å². The lowest BCUT2D eigenvalue weighted by atomic mass is 10.2. The van der Waals surface area contributed by atoms with Crippen LogP contribution in [0, 0.1) is 11.8 Å². The number of anilines is 3. The molecule has 10 nitrogen and oxygen atoms in total. The van der Waals surface area contributed by atoms with Crippen LogP contribution in [0.15, 0.2) is 64.2 Å². The molecule has 2 heterocycles. The standard InChI is InChI=1S/C24H26N6O4S/c1-4-34-24(32)30-35(3,33)21-11-9-20(10-12-21)28-23-26-15-19(22(29-23)27-17(2)16-31)8-7-18-6-5-13-25-14-18/h5-6,9-15,17,31H,4,16H2,1-3H3,(H2,26,27,28,29)/t17-,35?/m1/s1. The number of carbonyl (C=O) groups is 1. The third kappa shape index (κ3) is 7.49. The van der Waals surface area contributed by atoms with Gasteiger partial charge in [-0.05, 0) is 50.2 Å². The van der Waals surface area contributed by atoms with Gasteiger partial charge in [0.15, 0.2) is 0 Å². The maximum atomic E-state index is 12.8. The van der Waals surface area contributed by atoms with Gasteiger partial charge in [-0.2, -0.15) is 4.98 Å². The Labute approximate surface area is 204 Å². The van der Waals surface area contributed by atoms with E-state index < -0.39 is 15.8 Å². The average molecular weight is 495 g/mol. The number of benzene rings is 1. The zero-order valence-corrected chi connectivity index (χ0v) is 20.4. The number of carbonyl (C=O) groups excluding carboxylic acids is 1. The summed E-state index contributed by atoms with van der Waals surface area (Å²) in [5.74, 6) is 6.81. The van der Waals surface area contributed by atoms with Crippen molar-refractivity contribution < 1.29 is 18.8 Å². The van der Waals surface area contributed by atoms with Crippen molar-refractivity contribution in [3.05, 3.63) is 66.1 Å². The van der Waals surface area contributed by atoms with Crippen LogP contribution in [0.2, 0.25) is 0 Å². The Kier molecular flexibility index (Phi) is 8.72. The molecular formula is C24H26N6O4S. The van der Waals surface area contributed by atoms with Crippen LogP contribution < -0.4 is 10.6 Å². The highest BCUT2D eigenvalue weighted by Crippen LogP contribution is 2.20. The van der Waals surface area contributed by atoms with E-state index >= 15 is 0 Å². The lowest BCUT2D eigenvalue weighted by molar-refractivity contribution is 0.164. The van der Waals surface area contributed by atoms with Crippen molar-refractivity contribution in [3.63, 3.8) is 0 Å². The van der Waals surface area contributed by atoms with E-state index in [2.05, 4.69) is 41.8 Å². The fraction of sp³-hybridized carbons (Fsp3) is 0.250. The second kappa shape index (κ2) is 11.9. The summed E-state index contributed by atoms with van der Waals surface area (Å²) in [5.41, 5.74) is 1.94. The van der Waals surface area contributed by atoms with E-state index in [1.165, 1.54) is 6.26 Å². The summed E-state index contributed by atoms with van der Waals surface area (Å²) in [5, 5.41) is 15.7. The maximum absolute atomic E-state index is 12.8. The van der Waals surface area contributed by atoms with Gasteiger partial charge in [0, 0.05) is 40.8 Å². The molecule has 35 heavy (non-hydrogen) atoms. The summed E-state index contributed by atoms with van der Waals surface area (Å²) in [4.78, 5) is 24.9. The van der Waals surface area contributed by atoms with Crippen LogP contribution in [0.4, 0.5) is 22.2 Å². The van der Waals surface area contributed by atoms with Crippen molar-refractivity contribution in [1.29, 1.82) is 0 Å². The monoisotopic (exact) mass is 494 g/mol. The smallest absolute Gasteiger partial charge is 0.442 e. The van der Waals surface area contributed by atoms with Crippen molar-refractivity contribution in [2.45, 2.75) is 24.8 Å². The van der Waals surface area contributed by atoms with Crippen LogP contribution in [0.1, 0.15) is 25.0 Å². The number of hydrogen-bond donors (Lipinski definition) is 3. The van der Waals surface area contributed by atoms with E-state index in [1.807, 2.05) is 13.0 Å². The fourth-order valence-electron chi connectivity index (χ4n) is 2.76. The quantitative estimate of drug-likeness (QED) is 0.422. The van der Waals surface area contributed by atoms with Crippen molar-refractivity contribution >= 4 is 33.3 Å². The molecule has 3 N–H and O–H groups in total. The summed E-state index contributed by atoms with van der Waals surface area (Å²) in [6.07, 6.45) is 5.42. The van der Waals surface area contributed by atoms with E-state index in [0.717, 1.165) is 5.56 Å². The predicted molar refractivity (Wildman–Crippen MR) is 134 cm³/mol. The van der Waals surface area contributed by atoms with Crippen molar-refractivity contribution in [3.8, 4) is 11.8 Å². The van der Waals surface area contributed by atoms with E-state index in [1.54, 1.807) is 55.8 Å². The molecule has 3 aromatic rings. The van der Waals surface area contributed by atoms with Gasteiger partial charge >= 0.3 is 6.09 Å². The third-order valence-electron chi connectivity index (χ3n) is 4.51. The Bertz CT molecular complexity index is 1340. The number of nitrogens with zero attached hydrogens (tertiary/aromatic N) is 4. The predicted octanol–water partition coefficient (Wildman–Crippen LogP) is 3.42. The molecule has 0 saturated heterocycles. The molecule has 0 aliphatic carbocycles. The molecule has 2 atom stereocenters. The van der Waals surface area contributed by atoms with Gasteiger partial charge in [0.2, 0.25) is 5.95 Å². The Balaban J connectivity index is 1.83. The van der Waals surface area contributed by atoms with Gasteiger partial charge in [0.25, 0.3) is 0 Å². The first-order valence-electron chi connectivity index (χ1n) is 10.7. The van der Waals surface area contributed by atoms with E-state index in [9.17, 15) is 14.1 Å². The Morgan fingerprint density at radius 1 is 1.23 bits per heavy atom. The largest absolute Gasteiger partial charge is 0.448 e. The first-order chi connectivity index (χ1) is 16.8. The van der Waals surface area contributed by atoms with Crippen LogP contribution in [0.5, 0.6) is 0 Å². The van der Waals surface area contributed by atoms with Crippen molar-refractivity contribution in [1.82, 2.24) is 15.0 Å². The number of pyridine rings is 1. The summed E-state index contributed by atoms with van der Waals surface area (Å²) < 4.78 is 21.2. The van der Waals surface area contributed by atoms with E-state index in [-0.39, 0.29) is 19.3 Å². The molecule has 0 spiro atoms. The van der Waals surface area contributed by atoms with E-state index in [0.29, 0.717) is 27.9 Å². The molecule has 182 valence electrons. The van der Waals surface area contributed by atoms with Gasteiger partial charge in [-0.3, -0.25) is 4.98 Å². The van der Waals surface area contributed by atoms with Gasteiger partial charge in [-0.1, -0.05) is 11.8 Å². The Morgan fingerprint density at radius 2 is 2.00 bits per heavy atom. The van der Waals surface area contributed by atoms with Crippen LogP contribution >= 0.6 is 0 Å². The molecule has 1 amide bonds. The fourth-order valence-corrected chi connectivity index (χ4v) is 3.85. The molecule has 0 saturated carbocycles. The zero-order chi connectivity index (χ0) is 25.3. The van der Waals surface area contributed by atoms with Crippen LogP contribution in [-0.2, 0) is 14.5 Å². The number of aliphatic hydroxyl groups excluding tert-OH is 1. The highest BCUT2D eigenvalue weighted by atomic mass is 32.2. The average Bonchev–Trinajstić information content (AvgIpc) is 2.84. The minimum Gasteiger partial charge on any atom is -0.448 e. The highest BCUT2D eigenvalue weighted by Gasteiger charge is 2.12. The molecule has 11 heteroatoms. The number of amides is 1. The van der Waals surface area contributed by atoms with Crippen LogP contribution in [0.25, 0.3) is 0 Å². The highest BCUT2D eigenvalue weighted by molar-refractivity contribution is 7.93. The minimum atomic E-state index is -2.94. The first-order valence-corrected chi connectivity index (χ1v) is 12.7. The molecule has 0 fully saturated rings. The number of aromatic nitrogens is 3. The number of hydrogen-bond acceptors (Lipinski definition) is 9. The van der Waals surface area contributed by atoms with Crippen molar-refractivity contribution in [2.24, 2.45) is 4.36 Å². The minimum absolute atomic E-state index is 0.0865. The molecule has 0 radical (unpaired) electrons. The topological polar surface area (TPSA) is 139 Å². The second-order valence-electron chi connectivity index (χ2n) is 7.42. The SMILES string of the molecule is CCOC(=O)N=S(C)(=O)c1ccc(Nc2ncc(C#Cc3cccnc3)c(N[C@H](C)CO)n2)cc1. The van der Waals surface area contributed by atoms with Gasteiger partial charge in [0.05, 0.1) is 34.7 Å². The molecule has 3 rings (SSSR count). The third-order valence-corrected chi connectivity index (χ3v) is 6.16. The van der Waals surface area contributed by atoms with Crippen LogP contribution in [-0.4, -0.2) is 55.9 Å². The number of nitrogens with one attached hydrogen (secondary N) is 2. The summed E-state index contributed by atoms with van der Waals surface area (Å²) in [7, 11) is -2.94. The molecule has 0 aliphatic heterocycles. The summed E-state index contributed by atoms with van der Waals surface area (Å²) in [6, 6.07) is 9.97. The Hall–Kier alpha value is -4.01. The van der Waals surface area contributed by atoms with Crippen LogP contribution in [0.3, 0.4) is 0 Å². The zero-order valence-electron chi connectivity index (χ0n) is 19.6. The molecule has 2 aromatic heterocycles. The molecule has 0 bridgehead atoms. The summed E-state index contributed by atoms with van der Waals surface area (Å²) >= 11 is 0. The summed E-state index contributed by atoms with van der Waals surface area (Å²) in [6.45, 7) is 3.54. The lowest BCUT2D eigenvalue weighted by Crippen LogP contribution is -2.21. The molecule has 1 aromatic carbocycles. The number of rotatable bonds is 7. The lowest BCUT2D eigenvalue weighted by Gasteiger charge is -2.14. The second-order valence-corrected chi connectivity index (χ2v) is 9.68. The normalized spacial score (nSPS) is 12.9. The Morgan fingerprint density at radius 3 is 2.66 bits per heavy atom. The maximum Gasteiger partial charge on any atom is 0.442 e. The van der Waals surface area contributed by atoms with E-state index in [4.69, 9.17) is 4.74 Å². The van der Waals surface area contributed by atoms with Crippen molar-refractivity contribution in [2.75, 3.05) is 30.1 Å². The molecule has 1 unspecified atom stereocenters. The number of ether oxygens (including phenoxy) is 1. The van der Waals surface area contributed by atoms with Gasteiger partial charge < -0.3 is 20.5 Å². The molecular weight excluding hydrogens is 468 g/mol. The van der Waals surface area contributed by atoms with Gasteiger partial charge in [0.1, 0.15) is 5.82 Å². The first kappa shape index (κ1) is 25.6. The molecule has 0 aliphatic rings. The number of aliphatic hydroxyl groups is 1.